The van der Waals surface area contributed by atoms with Gasteiger partial charge < -0.3 is 4.74 Å². The zero-order chi connectivity index (χ0) is 20.9. The molecule has 0 aliphatic carbocycles. The van der Waals surface area contributed by atoms with Crippen molar-refractivity contribution in [2.75, 3.05) is 7.05 Å². The van der Waals surface area contributed by atoms with Gasteiger partial charge in [0.2, 0.25) is 0 Å². The number of nitrogens with zero attached hydrogens (tertiary/aromatic N) is 2. The van der Waals surface area contributed by atoms with Crippen LogP contribution < -0.4 is 4.74 Å². The number of ether oxygens (including phenoxy) is 1. The summed E-state index contributed by atoms with van der Waals surface area (Å²) in [6.07, 6.45) is 1.89. The second-order valence-electron chi connectivity index (χ2n) is 7.05. The van der Waals surface area contributed by atoms with Crippen molar-refractivity contribution in [3.63, 3.8) is 0 Å². The average Bonchev–Trinajstić information content (AvgIpc) is 3.03. The highest BCUT2D eigenvalue weighted by molar-refractivity contribution is 8.18. The molecule has 0 N–H and O–H groups in total. The minimum atomic E-state index is -0.0469. The normalized spacial score (nSPS) is 16.5. The zero-order valence-electron chi connectivity index (χ0n) is 16.9. The minimum absolute atomic E-state index is 0.0469. The first kappa shape index (κ1) is 20.0. The van der Waals surface area contributed by atoms with Gasteiger partial charge >= 0.3 is 0 Å². The third kappa shape index (κ3) is 4.81. The first-order valence-corrected chi connectivity index (χ1v) is 10.5. The Kier molecular flexibility index (Phi) is 6.00. The fourth-order valence-corrected chi connectivity index (χ4v) is 3.91. The number of aliphatic imine (C=N–C) groups is 1. The van der Waals surface area contributed by atoms with Gasteiger partial charge in [-0.05, 0) is 60.2 Å². The van der Waals surface area contributed by atoms with Crippen LogP contribution in [-0.4, -0.2) is 23.0 Å². The van der Waals surface area contributed by atoms with Gasteiger partial charge in [0.05, 0.1) is 10.6 Å². The molecule has 4 rings (SSSR count). The van der Waals surface area contributed by atoms with Crippen LogP contribution in [-0.2, 0) is 11.4 Å². The van der Waals surface area contributed by atoms with Crippen molar-refractivity contribution in [3.05, 3.63) is 100 Å². The number of hydrogen-bond acceptors (Lipinski definition) is 4. The maximum atomic E-state index is 12.6. The Labute approximate surface area is 180 Å². The molecule has 1 aliphatic rings. The number of para-hydroxylation sites is 1. The molecular weight excluding hydrogens is 392 g/mol. The molecule has 4 nitrogen and oxygen atoms in total. The molecule has 0 radical (unpaired) electrons. The van der Waals surface area contributed by atoms with Crippen LogP contribution >= 0.6 is 11.8 Å². The number of thioether (sulfide) groups is 1. The van der Waals surface area contributed by atoms with Gasteiger partial charge in [0.15, 0.2) is 5.17 Å². The lowest BCUT2D eigenvalue weighted by atomic mass is 10.1. The fraction of sp³-hybridized carbons (Fsp3) is 0.120. The predicted molar refractivity (Wildman–Crippen MR) is 124 cm³/mol. The predicted octanol–water partition coefficient (Wildman–Crippen LogP) is 5.81. The highest BCUT2D eigenvalue weighted by atomic mass is 32.2. The molecule has 30 heavy (non-hydrogen) atoms. The number of benzene rings is 3. The molecule has 0 bridgehead atoms. The second kappa shape index (κ2) is 9.01. The van der Waals surface area contributed by atoms with E-state index in [1.165, 1.54) is 17.3 Å². The quantitative estimate of drug-likeness (QED) is 0.495. The minimum Gasteiger partial charge on any atom is -0.489 e. The van der Waals surface area contributed by atoms with E-state index in [1.807, 2.05) is 60.7 Å². The first-order chi connectivity index (χ1) is 14.6. The summed E-state index contributed by atoms with van der Waals surface area (Å²) in [7, 11) is 1.75. The fourth-order valence-electron chi connectivity index (χ4n) is 2.93. The summed E-state index contributed by atoms with van der Waals surface area (Å²) in [5.41, 5.74) is 4.14. The molecule has 1 amide bonds. The second-order valence-corrected chi connectivity index (χ2v) is 8.06. The Morgan fingerprint density at radius 1 is 0.967 bits per heavy atom. The van der Waals surface area contributed by atoms with Crippen LogP contribution in [0.15, 0.2) is 88.8 Å². The van der Waals surface area contributed by atoms with Crippen molar-refractivity contribution in [2.45, 2.75) is 13.5 Å². The average molecular weight is 415 g/mol. The van der Waals surface area contributed by atoms with E-state index >= 15 is 0 Å². The van der Waals surface area contributed by atoms with E-state index in [1.54, 1.807) is 11.9 Å². The Balaban J connectivity index is 1.43. The summed E-state index contributed by atoms with van der Waals surface area (Å²) in [5.74, 6) is 0.751. The summed E-state index contributed by atoms with van der Waals surface area (Å²) < 4.78 is 5.86. The third-order valence-corrected chi connectivity index (χ3v) is 5.75. The molecule has 0 atom stereocenters. The summed E-state index contributed by atoms with van der Waals surface area (Å²) in [4.78, 5) is 19.4. The summed E-state index contributed by atoms with van der Waals surface area (Å²) in [6.45, 7) is 2.60. The number of carbonyl (C=O) groups excluding carboxylic acids is 1. The van der Waals surface area contributed by atoms with Crippen molar-refractivity contribution in [1.82, 2.24) is 4.90 Å². The van der Waals surface area contributed by atoms with E-state index in [4.69, 9.17) is 4.74 Å². The van der Waals surface area contributed by atoms with Gasteiger partial charge in [-0.1, -0.05) is 60.2 Å². The number of hydrogen-bond donors (Lipinski definition) is 0. The highest BCUT2D eigenvalue weighted by Crippen LogP contribution is 2.33. The van der Waals surface area contributed by atoms with Gasteiger partial charge in [0.25, 0.3) is 5.91 Å². The van der Waals surface area contributed by atoms with E-state index in [0.29, 0.717) is 16.7 Å². The highest BCUT2D eigenvalue weighted by Gasteiger charge is 2.30. The van der Waals surface area contributed by atoms with Gasteiger partial charge in [0.1, 0.15) is 12.4 Å². The molecule has 5 heteroatoms. The van der Waals surface area contributed by atoms with E-state index in [-0.39, 0.29) is 5.91 Å². The Morgan fingerprint density at radius 3 is 2.37 bits per heavy atom. The molecule has 150 valence electrons. The molecule has 3 aromatic rings. The monoisotopic (exact) mass is 414 g/mol. The van der Waals surface area contributed by atoms with E-state index < -0.39 is 0 Å². The lowest BCUT2D eigenvalue weighted by Crippen LogP contribution is -2.23. The van der Waals surface area contributed by atoms with Crippen LogP contribution in [0.4, 0.5) is 5.69 Å². The Hall–Kier alpha value is -3.31. The Bertz CT molecular complexity index is 1090. The largest absolute Gasteiger partial charge is 0.489 e. The van der Waals surface area contributed by atoms with E-state index in [0.717, 1.165) is 22.6 Å². The Morgan fingerprint density at radius 2 is 1.67 bits per heavy atom. The maximum absolute atomic E-state index is 12.6. The van der Waals surface area contributed by atoms with Crippen molar-refractivity contribution >= 4 is 34.6 Å². The molecule has 0 unspecified atom stereocenters. The third-order valence-electron chi connectivity index (χ3n) is 4.69. The van der Waals surface area contributed by atoms with Gasteiger partial charge in [-0.25, -0.2) is 4.99 Å². The topological polar surface area (TPSA) is 41.9 Å². The molecule has 0 saturated carbocycles. The van der Waals surface area contributed by atoms with Crippen LogP contribution in [0.5, 0.6) is 5.75 Å². The van der Waals surface area contributed by atoms with Crippen molar-refractivity contribution < 1.29 is 9.53 Å². The van der Waals surface area contributed by atoms with Crippen LogP contribution in [0.25, 0.3) is 6.08 Å². The SMILES string of the molecule is Cc1ccc(COc2ccc(/C=C3/SC(=Nc4ccccc4)N(C)C3=O)cc2)cc1. The summed E-state index contributed by atoms with van der Waals surface area (Å²) in [6, 6.07) is 25.7. The number of amidine groups is 1. The van der Waals surface area contributed by atoms with Gasteiger partial charge in [-0.15, -0.1) is 0 Å². The molecule has 0 spiro atoms. The van der Waals surface area contributed by atoms with Crippen molar-refractivity contribution in [3.8, 4) is 5.75 Å². The summed E-state index contributed by atoms with van der Waals surface area (Å²) in [5, 5.41) is 0.676. The van der Waals surface area contributed by atoms with Crippen molar-refractivity contribution in [2.24, 2.45) is 4.99 Å². The number of likely N-dealkylation sites (N-methyl/N-ethyl adjacent to an activating group) is 1. The lowest BCUT2D eigenvalue weighted by Gasteiger charge is -2.07. The lowest BCUT2D eigenvalue weighted by molar-refractivity contribution is -0.121. The number of amides is 1. The van der Waals surface area contributed by atoms with Crippen LogP contribution in [0.1, 0.15) is 16.7 Å². The van der Waals surface area contributed by atoms with E-state index in [2.05, 4.69) is 36.2 Å². The number of carbonyl (C=O) groups is 1. The van der Waals surface area contributed by atoms with Crippen LogP contribution in [0.3, 0.4) is 0 Å². The molecule has 1 saturated heterocycles. The first-order valence-electron chi connectivity index (χ1n) is 9.68. The summed E-state index contributed by atoms with van der Waals surface area (Å²) >= 11 is 1.39. The maximum Gasteiger partial charge on any atom is 0.266 e. The number of aryl methyl sites for hydroxylation is 1. The van der Waals surface area contributed by atoms with Gasteiger partial charge in [-0.3, -0.25) is 9.69 Å². The van der Waals surface area contributed by atoms with Gasteiger partial charge in [-0.2, -0.15) is 0 Å². The molecule has 1 aliphatic heterocycles. The molecular formula is C25H22N2O2S. The molecule has 3 aromatic carbocycles. The van der Waals surface area contributed by atoms with Gasteiger partial charge in [0, 0.05) is 7.05 Å². The molecule has 1 fully saturated rings. The molecule has 0 aromatic heterocycles. The van der Waals surface area contributed by atoms with E-state index in [9.17, 15) is 4.79 Å². The zero-order valence-corrected chi connectivity index (χ0v) is 17.7. The van der Waals surface area contributed by atoms with Crippen molar-refractivity contribution in [1.29, 1.82) is 0 Å². The number of rotatable bonds is 5. The smallest absolute Gasteiger partial charge is 0.266 e. The molecule has 1 heterocycles. The van der Waals surface area contributed by atoms with Crippen LogP contribution in [0.2, 0.25) is 0 Å². The standard InChI is InChI=1S/C25H22N2O2S/c1-18-8-10-20(11-9-18)17-29-22-14-12-19(13-15-22)16-23-24(28)27(2)25(30-23)26-21-6-4-3-5-7-21/h3-16H,17H2,1-2H3/b23-16+,26-25?. The van der Waals surface area contributed by atoms with Crippen LogP contribution in [0, 0.1) is 6.92 Å².